The topological polar surface area (TPSA) is 76.1 Å². The molecule has 4 atom stereocenters. The number of amides is 1. The van der Waals surface area contributed by atoms with Gasteiger partial charge in [0.1, 0.15) is 0 Å². The molecule has 0 bridgehead atoms. The van der Waals surface area contributed by atoms with Gasteiger partial charge >= 0.3 is 5.97 Å². The van der Waals surface area contributed by atoms with Gasteiger partial charge in [0.15, 0.2) is 0 Å². The van der Waals surface area contributed by atoms with Crippen LogP contribution in [0.25, 0.3) is 0 Å². The molecule has 1 N–H and O–H groups in total. The number of carboxylic acids is 1. The summed E-state index contributed by atoms with van der Waals surface area (Å²) in [6, 6.07) is 14.5. The summed E-state index contributed by atoms with van der Waals surface area (Å²) in [5.74, 6) is -1.94. The molecule has 1 aliphatic rings. The molecule has 0 aromatic heterocycles. The Morgan fingerprint density at radius 1 is 1.12 bits per heavy atom. The minimum absolute atomic E-state index is 0.144. The summed E-state index contributed by atoms with van der Waals surface area (Å²) in [5.41, 5.74) is 1.90. The summed E-state index contributed by atoms with van der Waals surface area (Å²) < 4.78 is 10.9. The highest BCUT2D eigenvalue weighted by Crippen LogP contribution is 2.47. The zero-order valence-electron chi connectivity index (χ0n) is 19.5. The molecule has 6 nitrogen and oxygen atoms in total. The second-order valence-electron chi connectivity index (χ2n) is 8.56. The lowest BCUT2D eigenvalue weighted by atomic mass is 9.74. The van der Waals surface area contributed by atoms with E-state index in [2.05, 4.69) is 0 Å². The molecular weight excluding hydrogens is 477 g/mol. The van der Waals surface area contributed by atoms with Crippen molar-refractivity contribution >= 4 is 35.1 Å². The molecule has 34 heavy (non-hydrogen) atoms. The first kappa shape index (κ1) is 26.5. The molecule has 0 radical (unpaired) electrons. The number of methoxy groups -OCH3 is 1. The van der Waals surface area contributed by atoms with Gasteiger partial charge in [0, 0.05) is 29.0 Å². The van der Waals surface area contributed by atoms with Gasteiger partial charge in [-0.05, 0) is 48.2 Å². The predicted molar refractivity (Wildman–Crippen MR) is 132 cm³/mol. The minimum atomic E-state index is -0.988. The van der Waals surface area contributed by atoms with Gasteiger partial charge in [-0.2, -0.15) is 0 Å². The fourth-order valence-corrected chi connectivity index (χ4v) is 5.06. The van der Waals surface area contributed by atoms with Crippen LogP contribution in [0.3, 0.4) is 0 Å². The molecule has 3 rings (SSSR count). The van der Waals surface area contributed by atoms with Crippen molar-refractivity contribution in [2.24, 2.45) is 5.92 Å². The summed E-state index contributed by atoms with van der Waals surface area (Å²) in [5, 5.41) is 10.7. The number of ether oxygens (including phenoxy) is 2. The van der Waals surface area contributed by atoms with E-state index in [9.17, 15) is 14.7 Å². The van der Waals surface area contributed by atoms with Gasteiger partial charge < -0.3 is 19.5 Å². The number of benzene rings is 2. The highest BCUT2D eigenvalue weighted by atomic mass is 35.5. The molecule has 2 aromatic carbocycles. The van der Waals surface area contributed by atoms with Crippen LogP contribution in [0.4, 0.5) is 0 Å². The number of rotatable bonds is 11. The van der Waals surface area contributed by atoms with E-state index in [4.69, 9.17) is 32.7 Å². The van der Waals surface area contributed by atoms with Crippen molar-refractivity contribution < 1.29 is 24.2 Å². The lowest BCUT2D eigenvalue weighted by Gasteiger charge is -2.48. The van der Waals surface area contributed by atoms with Crippen molar-refractivity contribution in [2.45, 2.75) is 44.2 Å². The highest BCUT2D eigenvalue weighted by Gasteiger charge is 2.46. The van der Waals surface area contributed by atoms with Crippen molar-refractivity contribution in [3.8, 4) is 0 Å². The lowest BCUT2D eigenvalue weighted by molar-refractivity contribution is -0.154. The van der Waals surface area contributed by atoms with Crippen LogP contribution in [0.15, 0.2) is 48.5 Å². The van der Waals surface area contributed by atoms with Crippen molar-refractivity contribution in [2.75, 3.05) is 26.9 Å². The third kappa shape index (κ3) is 6.51. The first-order chi connectivity index (χ1) is 16.3. The number of likely N-dealkylation sites (tertiary alicyclic amines) is 1. The smallest absolute Gasteiger partial charge is 0.304 e. The first-order valence-corrected chi connectivity index (χ1v) is 12.2. The van der Waals surface area contributed by atoms with Crippen LogP contribution in [0, 0.1) is 5.92 Å². The molecule has 1 fully saturated rings. The Balaban J connectivity index is 2.09. The van der Waals surface area contributed by atoms with Crippen molar-refractivity contribution in [1.29, 1.82) is 0 Å². The van der Waals surface area contributed by atoms with Crippen LogP contribution >= 0.6 is 23.2 Å². The average molecular weight is 508 g/mol. The molecule has 8 heteroatoms. The number of hydrogen-bond donors (Lipinski definition) is 1. The normalized spacial score (nSPS) is 21.5. The zero-order chi connectivity index (χ0) is 24.7. The summed E-state index contributed by atoms with van der Waals surface area (Å²) in [6.07, 6.45) is 0.849. The molecule has 2 aromatic rings. The number of halogens is 2. The molecule has 1 amide bonds. The Labute approximate surface area is 210 Å². The standard InChI is InChI=1S/C26H31Cl2NO5/c1-3-22(16-34-12-11-33-2)29-25(17-7-9-20(27)10-8-17)23(18-5-4-6-21(28)13-18)14-19(26(29)32)15-24(30)31/h4-10,13,19,22-23,25H,3,11-12,14-16H2,1-2H3,(H,30,31)/t19-,22+,23?,25-/m1/s1. The molecule has 0 aliphatic carbocycles. The monoisotopic (exact) mass is 507 g/mol. The van der Waals surface area contributed by atoms with Crippen LogP contribution in [0.5, 0.6) is 0 Å². The quantitative estimate of drug-likeness (QED) is 0.401. The number of hydrogen-bond acceptors (Lipinski definition) is 4. The SMILES string of the molecule is CC[C@@H](COCCOC)N1C(=O)[C@@H](CC(=O)O)CC(c2cccc(Cl)c2)[C@H]1c1ccc(Cl)cc1. The number of carboxylic acid groups (broad SMARTS) is 1. The summed E-state index contributed by atoms with van der Waals surface area (Å²) in [7, 11) is 1.61. The summed E-state index contributed by atoms with van der Waals surface area (Å²) in [6.45, 7) is 3.21. The van der Waals surface area contributed by atoms with Gasteiger partial charge in [0.25, 0.3) is 0 Å². The van der Waals surface area contributed by atoms with Gasteiger partial charge in [-0.15, -0.1) is 0 Å². The van der Waals surface area contributed by atoms with Crippen molar-refractivity contribution in [3.63, 3.8) is 0 Å². The Morgan fingerprint density at radius 2 is 1.85 bits per heavy atom. The third-order valence-electron chi connectivity index (χ3n) is 6.34. The zero-order valence-corrected chi connectivity index (χ0v) is 21.0. The van der Waals surface area contributed by atoms with E-state index in [0.717, 1.165) is 11.1 Å². The predicted octanol–water partition coefficient (Wildman–Crippen LogP) is 5.58. The van der Waals surface area contributed by atoms with Crippen molar-refractivity contribution in [3.05, 3.63) is 69.7 Å². The van der Waals surface area contributed by atoms with Gasteiger partial charge in [-0.25, -0.2) is 0 Å². The van der Waals surface area contributed by atoms with Gasteiger partial charge in [0.05, 0.1) is 38.3 Å². The fraction of sp³-hybridized carbons (Fsp3) is 0.462. The largest absolute Gasteiger partial charge is 0.481 e. The molecular formula is C26H31Cl2NO5. The summed E-state index contributed by atoms with van der Waals surface area (Å²) >= 11 is 12.5. The van der Waals surface area contributed by atoms with E-state index in [1.54, 1.807) is 13.2 Å². The second-order valence-corrected chi connectivity index (χ2v) is 9.44. The van der Waals surface area contributed by atoms with E-state index in [-0.39, 0.29) is 30.3 Å². The van der Waals surface area contributed by atoms with Crippen LogP contribution in [0.2, 0.25) is 10.0 Å². The molecule has 1 aliphatic heterocycles. The molecule has 0 saturated carbocycles. The van der Waals surface area contributed by atoms with E-state index < -0.39 is 11.9 Å². The number of carbonyl (C=O) groups excluding carboxylic acids is 1. The molecule has 1 unspecified atom stereocenters. The molecule has 184 valence electrons. The van der Waals surface area contributed by atoms with E-state index >= 15 is 0 Å². The van der Waals surface area contributed by atoms with Crippen LogP contribution < -0.4 is 0 Å². The lowest BCUT2D eigenvalue weighted by Crippen LogP contribution is -2.53. The van der Waals surface area contributed by atoms with E-state index in [0.29, 0.717) is 42.7 Å². The molecule has 1 saturated heterocycles. The van der Waals surface area contributed by atoms with E-state index in [1.165, 1.54) is 0 Å². The maximum atomic E-state index is 13.8. The minimum Gasteiger partial charge on any atom is -0.481 e. The number of carbonyl (C=O) groups is 2. The Kier molecular flexibility index (Phi) is 9.77. The highest BCUT2D eigenvalue weighted by molar-refractivity contribution is 6.30. The van der Waals surface area contributed by atoms with Crippen molar-refractivity contribution in [1.82, 2.24) is 4.90 Å². The van der Waals surface area contributed by atoms with Crippen LogP contribution in [-0.4, -0.2) is 54.9 Å². The van der Waals surface area contributed by atoms with Gasteiger partial charge in [-0.1, -0.05) is 54.4 Å². The Bertz CT molecular complexity index is 968. The number of piperidine rings is 1. The van der Waals surface area contributed by atoms with Crippen LogP contribution in [-0.2, 0) is 19.1 Å². The first-order valence-electron chi connectivity index (χ1n) is 11.5. The third-order valence-corrected chi connectivity index (χ3v) is 6.83. The average Bonchev–Trinajstić information content (AvgIpc) is 2.81. The Hall–Kier alpha value is -2.12. The summed E-state index contributed by atoms with van der Waals surface area (Å²) in [4.78, 5) is 27.3. The Morgan fingerprint density at radius 3 is 2.47 bits per heavy atom. The fourth-order valence-electron chi connectivity index (χ4n) is 4.73. The maximum absolute atomic E-state index is 13.8. The van der Waals surface area contributed by atoms with Gasteiger partial charge in [-0.3, -0.25) is 9.59 Å². The van der Waals surface area contributed by atoms with Gasteiger partial charge in [0.2, 0.25) is 5.91 Å². The number of aliphatic carboxylic acids is 1. The maximum Gasteiger partial charge on any atom is 0.304 e. The van der Waals surface area contributed by atoms with E-state index in [1.807, 2.05) is 54.3 Å². The van der Waals surface area contributed by atoms with Crippen LogP contribution in [0.1, 0.15) is 49.3 Å². The molecule has 1 heterocycles. The second kappa shape index (κ2) is 12.5. The molecule has 0 spiro atoms. The number of nitrogens with zero attached hydrogens (tertiary/aromatic N) is 1.